The van der Waals surface area contributed by atoms with Gasteiger partial charge in [0.05, 0.1) is 40.4 Å². The molecule has 2 aliphatic rings. The molecule has 0 saturated heterocycles. The van der Waals surface area contributed by atoms with Gasteiger partial charge in [-0.25, -0.2) is 9.79 Å². The van der Waals surface area contributed by atoms with Crippen LogP contribution in [0.3, 0.4) is 0 Å². The zero-order chi connectivity index (χ0) is 28.7. The van der Waals surface area contributed by atoms with Gasteiger partial charge in [0.25, 0.3) is 11.5 Å². The third-order valence-electron chi connectivity index (χ3n) is 6.57. The van der Waals surface area contributed by atoms with Gasteiger partial charge in [0.2, 0.25) is 0 Å². The Morgan fingerprint density at radius 1 is 1.12 bits per heavy atom. The van der Waals surface area contributed by atoms with Gasteiger partial charge < -0.3 is 9.47 Å². The molecule has 3 aromatic rings. The third kappa shape index (κ3) is 4.95. The van der Waals surface area contributed by atoms with Crippen molar-refractivity contribution in [3.8, 4) is 5.75 Å². The minimum atomic E-state index is -0.855. The number of esters is 1. The molecule has 0 bridgehead atoms. The number of methoxy groups -OCH3 is 1. The minimum Gasteiger partial charge on any atom is -0.496 e. The highest BCUT2D eigenvalue weighted by Crippen LogP contribution is 2.37. The fraction of sp³-hybridized carbons (Fsp3) is 0.276. The predicted molar refractivity (Wildman–Crippen MR) is 157 cm³/mol. The van der Waals surface area contributed by atoms with Gasteiger partial charge in [0.1, 0.15) is 17.7 Å². The minimum absolute atomic E-state index is 0.244. The van der Waals surface area contributed by atoms with E-state index in [1.807, 2.05) is 30.3 Å². The number of fused-ring (bicyclic) bond motifs is 1. The van der Waals surface area contributed by atoms with Crippen molar-refractivity contribution in [3.05, 3.63) is 89.5 Å². The topological polar surface area (TPSA) is 103 Å². The van der Waals surface area contributed by atoms with Gasteiger partial charge in [0.15, 0.2) is 4.80 Å². The molecule has 3 heterocycles. The fourth-order valence-electron chi connectivity index (χ4n) is 4.76. The highest BCUT2D eigenvalue weighted by atomic mass is 79.9. The first-order valence-corrected chi connectivity index (χ1v) is 14.2. The number of carbonyl (C=O) groups excluding carboxylic acids is 2. The molecule has 2 atom stereocenters. The van der Waals surface area contributed by atoms with Gasteiger partial charge in [0, 0.05) is 10.0 Å². The number of anilines is 1. The van der Waals surface area contributed by atoms with Crippen LogP contribution in [0.15, 0.2) is 79.2 Å². The van der Waals surface area contributed by atoms with Crippen molar-refractivity contribution in [2.75, 3.05) is 12.1 Å². The maximum absolute atomic E-state index is 14.0. The zero-order valence-corrected chi connectivity index (χ0v) is 24.9. The first-order chi connectivity index (χ1) is 19.1. The maximum atomic E-state index is 14.0. The van der Waals surface area contributed by atoms with Crippen molar-refractivity contribution >= 4 is 56.6 Å². The van der Waals surface area contributed by atoms with Crippen molar-refractivity contribution in [1.82, 2.24) is 4.57 Å². The number of halogens is 1. The number of nitrogens with zero attached hydrogens (tertiary/aromatic N) is 4. The first kappa shape index (κ1) is 27.7. The molecule has 1 aromatic heterocycles. The van der Waals surface area contributed by atoms with Gasteiger partial charge in [-0.05, 0) is 64.1 Å². The number of carbonyl (C=O) groups is 2. The first-order valence-electron chi connectivity index (χ1n) is 12.6. The second kappa shape index (κ2) is 11.0. The van der Waals surface area contributed by atoms with Crippen LogP contribution < -0.4 is 24.6 Å². The molecule has 206 valence electrons. The van der Waals surface area contributed by atoms with Crippen LogP contribution in [0.1, 0.15) is 39.3 Å². The number of amides is 1. The number of allylic oxidation sites excluding steroid dienone is 1. The summed E-state index contributed by atoms with van der Waals surface area (Å²) in [5.41, 5.74) is 2.12. The van der Waals surface area contributed by atoms with Gasteiger partial charge in [-0.2, -0.15) is 10.1 Å². The molecule has 0 N–H and O–H groups in total. The molecule has 2 aliphatic heterocycles. The monoisotopic (exact) mass is 622 g/mol. The SMILES string of the molecule is COc1ccc(Br)cc1[C@@H]1C(C(=O)OC(C)C)=C(C)N=c2s/c(=C\[C@@H]3C(=O)N(c4ccccc4)N=C3C)c(=O)n21. The maximum Gasteiger partial charge on any atom is 0.338 e. The molecule has 5 rings (SSSR count). The summed E-state index contributed by atoms with van der Waals surface area (Å²) in [6, 6.07) is 13.7. The molecule has 0 radical (unpaired) electrons. The van der Waals surface area contributed by atoms with Crippen LogP contribution in [0.25, 0.3) is 6.08 Å². The summed E-state index contributed by atoms with van der Waals surface area (Å²) in [6.45, 7) is 7.01. The number of rotatable bonds is 6. The highest BCUT2D eigenvalue weighted by Gasteiger charge is 2.37. The Labute approximate surface area is 242 Å². The zero-order valence-electron chi connectivity index (χ0n) is 22.5. The number of aromatic nitrogens is 1. The van der Waals surface area contributed by atoms with E-state index in [1.165, 1.54) is 16.7 Å². The van der Waals surface area contributed by atoms with Crippen LogP contribution in [-0.2, 0) is 14.3 Å². The van der Waals surface area contributed by atoms with E-state index in [2.05, 4.69) is 26.0 Å². The Hall–Kier alpha value is -3.83. The number of para-hydroxylation sites is 1. The average Bonchev–Trinajstić information content (AvgIpc) is 3.38. The normalized spacial score (nSPS) is 19.1. The van der Waals surface area contributed by atoms with Crippen molar-refractivity contribution in [1.29, 1.82) is 0 Å². The van der Waals surface area contributed by atoms with Crippen LogP contribution >= 0.6 is 27.3 Å². The Morgan fingerprint density at radius 2 is 1.85 bits per heavy atom. The molecule has 9 nitrogen and oxygen atoms in total. The fourth-order valence-corrected chi connectivity index (χ4v) is 6.20. The van der Waals surface area contributed by atoms with E-state index < -0.39 is 17.9 Å². The predicted octanol–water partition coefficient (Wildman–Crippen LogP) is 3.95. The van der Waals surface area contributed by atoms with E-state index in [1.54, 1.807) is 52.0 Å². The molecular weight excluding hydrogens is 596 g/mol. The van der Waals surface area contributed by atoms with Crippen LogP contribution in [0.4, 0.5) is 5.69 Å². The number of thiazole rings is 1. The van der Waals surface area contributed by atoms with E-state index >= 15 is 0 Å². The molecule has 0 unspecified atom stereocenters. The number of hydrogen-bond acceptors (Lipinski definition) is 8. The molecule has 0 aliphatic carbocycles. The quantitative estimate of drug-likeness (QED) is 0.387. The molecule has 11 heteroatoms. The van der Waals surface area contributed by atoms with Gasteiger partial charge in [-0.1, -0.05) is 45.5 Å². The van der Waals surface area contributed by atoms with Crippen LogP contribution in [0, 0.1) is 5.92 Å². The van der Waals surface area contributed by atoms with Gasteiger partial charge >= 0.3 is 5.97 Å². The smallest absolute Gasteiger partial charge is 0.338 e. The summed E-state index contributed by atoms with van der Waals surface area (Å²) in [5.74, 6) is -1.03. The number of hydrazone groups is 1. The molecule has 40 heavy (non-hydrogen) atoms. The number of benzene rings is 2. The Morgan fingerprint density at radius 3 is 2.52 bits per heavy atom. The van der Waals surface area contributed by atoms with E-state index in [0.29, 0.717) is 37.7 Å². The van der Waals surface area contributed by atoms with E-state index in [4.69, 9.17) is 9.47 Å². The Balaban J connectivity index is 1.67. The summed E-state index contributed by atoms with van der Waals surface area (Å²) in [5, 5.41) is 5.80. The van der Waals surface area contributed by atoms with Crippen molar-refractivity contribution < 1.29 is 19.1 Å². The number of ether oxygens (including phenoxy) is 2. The summed E-state index contributed by atoms with van der Waals surface area (Å²) in [6.07, 6.45) is 1.26. The second-order valence-corrected chi connectivity index (χ2v) is 11.6. The highest BCUT2D eigenvalue weighted by molar-refractivity contribution is 9.10. The van der Waals surface area contributed by atoms with Crippen LogP contribution in [0.2, 0.25) is 0 Å². The summed E-state index contributed by atoms with van der Waals surface area (Å²) < 4.78 is 13.8. The van der Waals surface area contributed by atoms with E-state index in [9.17, 15) is 14.4 Å². The standard InChI is InChI=1S/C29H27BrN4O5S/c1-15(2)39-28(37)24-17(4)31-29-33(25(24)21-13-18(30)11-12-22(21)38-5)27(36)23(40-29)14-20-16(3)32-34(26(20)35)19-9-7-6-8-10-19/h6-15,20,25H,1-5H3/b23-14-/t20-,25+/m0/s1. The second-order valence-electron chi connectivity index (χ2n) is 9.65. The molecule has 0 spiro atoms. The number of hydrogen-bond donors (Lipinski definition) is 0. The Bertz CT molecular complexity index is 1760. The lowest BCUT2D eigenvalue weighted by Gasteiger charge is -2.26. The Kier molecular flexibility index (Phi) is 7.61. The summed E-state index contributed by atoms with van der Waals surface area (Å²) in [4.78, 5) is 45.8. The van der Waals surface area contributed by atoms with Gasteiger partial charge in [-0.15, -0.1) is 0 Å². The van der Waals surface area contributed by atoms with Crippen LogP contribution in [0.5, 0.6) is 5.75 Å². The largest absolute Gasteiger partial charge is 0.496 e. The average molecular weight is 624 g/mol. The van der Waals surface area contributed by atoms with Crippen LogP contribution in [-0.4, -0.2) is 35.4 Å². The molecule has 0 saturated carbocycles. The lowest BCUT2D eigenvalue weighted by atomic mass is 9.95. The molecule has 2 aromatic carbocycles. The van der Waals surface area contributed by atoms with E-state index in [-0.39, 0.29) is 23.1 Å². The molecular formula is C29H27BrN4O5S. The molecule has 1 amide bonds. The van der Waals surface area contributed by atoms with E-state index in [0.717, 1.165) is 15.8 Å². The van der Waals surface area contributed by atoms with Gasteiger partial charge in [-0.3, -0.25) is 14.2 Å². The lowest BCUT2D eigenvalue weighted by Crippen LogP contribution is -2.40. The summed E-state index contributed by atoms with van der Waals surface area (Å²) in [7, 11) is 1.53. The third-order valence-corrected chi connectivity index (χ3v) is 8.07. The summed E-state index contributed by atoms with van der Waals surface area (Å²) >= 11 is 4.67. The van der Waals surface area contributed by atoms with Crippen molar-refractivity contribution in [2.24, 2.45) is 16.0 Å². The van der Waals surface area contributed by atoms with Crippen molar-refractivity contribution in [3.63, 3.8) is 0 Å². The van der Waals surface area contributed by atoms with Crippen molar-refractivity contribution in [2.45, 2.75) is 39.8 Å². The lowest BCUT2D eigenvalue weighted by molar-refractivity contribution is -0.143. The molecule has 0 fully saturated rings.